The van der Waals surface area contributed by atoms with Crippen molar-refractivity contribution in [1.82, 2.24) is 5.32 Å². The van der Waals surface area contributed by atoms with Crippen LogP contribution in [0.4, 0.5) is 11.4 Å². The molecule has 0 saturated carbocycles. The van der Waals surface area contributed by atoms with Crippen molar-refractivity contribution in [3.63, 3.8) is 0 Å². The molecular weight excluding hydrogens is 266 g/mol. The van der Waals surface area contributed by atoms with Crippen LogP contribution in [0.3, 0.4) is 0 Å². The van der Waals surface area contributed by atoms with Gasteiger partial charge in [-0.3, -0.25) is 10.1 Å². The zero-order valence-corrected chi connectivity index (χ0v) is 12.5. The summed E-state index contributed by atoms with van der Waals surface area (Å²) in [6, 6.07) is 6.22. The first-order valence-electron chi connectivity index (χ1n) is 7.88. The number of nitro groups is 1. The molecule has 1 unspecified atom stereocenters. The zero-order chi connectivity index (χ0) is 14.8. The number of anilines is 1. The highest BCUT2D eigenvalue weighted by molar-refractivity contribution is 5.64. The smallest absolute Gasteiger partial charge is 0.292 e. The molecule has 3 rings (SSSR count). The van der Waals surface area contributed by atoms with Gasteiger partial charge in [-0.05, 0) is 56.7 Å². The molecule has 2 fully saturated rings. The van der Waals surface area contributed by atoms with Crippen LogP contribution in [0.5, 0.6) is 0 Å². The van der Waals surface area contributed by atoms with Crippen LogP contribution in [-0.4, -0.2) is 30.6 Å². The average Bonchev–Trinajstić information content (AvgIpc) is 3.01. The molecule has 2 saturated heterocycles. The number of rotatable bonds is 3. The number of aryl methyl sites for hydroxylation is 1. The molecule has 0 bridgehead atoms. The van der Waals surface area contributed by atoms with Crippen molar-refractivity contribution in [2.75, 3.05) is 24.5 Å². The molecule has 1 atom stereocenters. The minimum atomic E-state index is -0.257. The van der Waals surface area contributed by atoms with Gasteiger partial charge in [0.1, 0.15) is 5.69 Å². The van der Waals surface area contributed by atoms with Crippen LogP contribution in [-0.2, 0) is 0 Å². The summed E-state index contributed by atoms with van der Waals surface area (Å²) < 4.78 is 0. The van der Waals surface area contributed by atoms with E-state index in [0.29, 0.717) is 6.04 Å². The van der Waals surface area contributed by atoms with Crippen LogP contribution in [0.1, 0.15) is 31.2 Å². The molecule has 114 valence electrons. The predicted octanol–water partition coefficient (Wildman–Crippen LogP) is 2.87. The minimum Gasteiger partial charge on any atom is -0.366 e. The highest BCUT2D eigenvalue weighted by Crippen LogP contribution is 2.33. The number of nitro benzene ring substituents is 1. The Morgan fingerprint density at radius 3 is 2.67 bits per heavy atom. The molecule has 0 amide bonds. The van der Waals surface area contributed by atoms with Gasteiger partial charge in [0, 0.05) is 25.2 Å². The second-order valence-corrected chi connectivity index (χ2v) is 6.28. The maximum atomic E-state index is 11.3. The monoisotopic (exact) mass is 289 g/mol. The molecule has 0 aliphatic carbocycles. The minimum absolute atomic E-state index is 0.243. The number of benzene rings is 1. The highest BCUT2D eigenvalue weighted by atomic mass is 16.6. The van der Waals surface area contributed by atoms with Gasteiger partial charge < -0.3 is 10.2 Å². The van der Waals surface area contributed by atoms with Gasteiger partial charge in [-0.15, -0.1) is 0 Å². The molecule has 1 aromatic rings. The SMILES string of the molecule is Cc1ccc(N2CCC(C3CCCN3)CC2)c([N+](=O)[O-])c1. The van der Waals surface area contributed by atoms with Crippen molar-refractivity contribution < 1.29 is 4.92 Å². The fourth-order valence-electron chi connectivity index (χ4n) is 3.70. The third kappa shape index (κ3) is 3.02. The summed E-state index contributed by atoms with van der Waals surface area (Å²) in [5, 5.41) is 14.9. The first-order valence-corrected chi connectivity index (χ1v) is 7.88. The number of hydrogen-bond acceptors (Lipinski definition) is 4. The predicted molar refractivity (Wildman–Crippen MR) is 83.8 cm³/mol. The Labute approximate surface area is 125 Å². The quantitative estimate of drug-likeness (QED) is 0.686. The van der Waals surface area contributed by atoms with E-state index in [-0.39, 0.29) is 10.6 Å². The van der Waals surface area contributed by atoms with Crippen molar-refractivity contribution in [2.24, 2.45) is 5.92 Å². The summed E-state index contributed by atoms with van der Waals surface area (Å²) in [6.07, 6.45) is 4.83. The van der Waals surface area contributed by atoms with Crippen molar-refractivity contribution in [1.29, 1.82) is 0 Å². The molecule has 5 heteroatoms. The number of piperidine rings is 1. The molecule has 1 N–H and O–H groups in total. The number of nitrogens with one attached hydrogen (secondary N) is 1. The van der Waals surface area contributed by atoms with Crippen LogP contribution in [0.15, 0.2) is 18.2 Å². The summed E-state index contributed by atoms with van der Waals surface area (Å²) in [4.78, 5) is 13.2. The third-order valence-corrected chi connectivity index (χ3v) is 4.88. The van der Waals surface area contributed by atoms with Gasteiger partial charge in [-0.1, -0.05) is 6.07 Å². The second kappa shape index (κ2) is 6.02. The lowest BCUT2D eigenvalue weighted by Gasteiger charge is -2.36. The van der Waals surface area contributed by atoms with E-state index >= 15 is 0 Å². The topological polar surface area (TPSA) is 58.4 Å². The lowest BCUT2D eigenvalue weighted by molar-refractivity contribution is -0.384. The molecule has 2 aliphatic heterocycles. The number of hydrogen-bond donors (Lipinski definition) is 1. The van der Waals surface area contributed by atoms with E-state index in [2.05, 4.69) is 10.2 Å². The largest absolute Gasteiger partial charge is 0.366 e. The lowest BCUT2D eigenvalue weighted by Crippen LogP contribution is -2.41. The lowest BCUT2D eigenvalue weighted by atomic mass is 9.88. The Morgan fingerprint density at radius 2 is 2.05 bits per heavy atom. The van der Waals surface area contributed by atoms with Gasteiger partial charge in [0.15, 0.2) is 0 Å². The van der Waals surface area contributed by atoms with Crippen molar-refractivity contribution in [3.8, 4) is 0 Å². The first-order chi connectivity index (χ1) is 10.1. The third-order valence-electron chi connectivity index (χ3n) is 4.88. The number of nitrogens with zero attached hydrogens (tertiary/aromatic N) is 2. The molecule has 5 nitrogen and oxygen atoms in total. The van der Waals surface area contributed by atoms with E-state index < -0.39 is 0 Å². The van der Waals surface area contributed by atoms with Crippen molar-refractivity contribution in [3.05, 3.63) is 33.9 Å². The summed E-state index contributed by atoms with van der Waals surface area (Å²) in [7, 11) is 0. The van der Waals surface area contributed by atoms with Gasteiger partial charge in [0.2, 0.25) is 0 Å². The normalized spacial score (nSPS) is 23.5. The molecule has 2 aliphatic rings. The second-order valence-electron chi connectivity index (χ2n) is 6.28. The summed E-state index contributed by atoms with van der Waals surface area (Å²) in [5.41, 5.74) is 1.96. The maximum Gasteiger partial charge on any atom is 0.292 e. The molecule has 0 radical (unpaired) electrons. The molecule has 21 heavy (non-hydrogen) atoms. The standard InChI is InChI=1S/C16H23N3O2/c1-12-4-5-15(16(11-12)19(20)21)18-9-6-13(7-10-18)14-3-2-8-17-14/h4-5,11,13-14,17H,2-3,6-10H2,1H3. The van der Waals surface area contributed by atoms with E-state index in [1.807, 2.05) is 19.1 Å². The van der Waals surface area contributed by atoms with E-state index in [1.165, 1.54) is 12.8 Å². The maximum absolute atomic E-state index is 11.3. The van der Waals surface area contributed by atoms with Gasteiger partial charge in [-0.2, -0.15) is 0 Å². The van der Waals surface area contributed by atoms with E-state index in [9.17, 15) is 10.1 Å². The summed E-state index contributed by atoms with van der Waals surface area (Å²) in [6.45, 7) is 4.89. The van der Waals surface area contributed by atoms with E-state index in [4.69, 9.17) is 0 Å². The zero-order valence-electron chi connectivity index (χ0n) is 12.5. The fraction of sp³-hybridized carbons (Fsp3) is 0.625. The van der Waals surface area contributed by atoms with Crippen LogP contribution in [0, 0.1) is 23.0 Å². The van der Waals surface area contributed by atoms with Crippen LogP contribution in [0.25, 0.3) is 0 Å². The Balaban J connectivity index is 1.70. The van der Waals surface area contributed by atoms with Gasteiger partial charge in [-0.25, -0.2) is 0 Å². The van der Waals surface area contributed by atoms with Gasteiger partial charge in [0.05, 0.1) is 4.92 Å². The van der Waals surface area contributed by atoms with E-state index in [0.717, 1.165) is 49.6 Å². The highest BCUT2D eigenvalue weighted by Gasteiger charge is 2.30. The molecular formula is C16H23N3O2. The van der Waals surface area contributed by atoms with Crippen LogP contribution >= 0.6 is 0 Å². The Kier molecular flexibility index (Phi) is 4.10. The summed E-state index contributed by atoms with van der Waals surface area (Å²) >= 11 is 0. The Bertz CT molecular complexity index is 518. The summed E-state index contributed by atoms with van der Waals surface area (Å²) in [5.74, 6) is 0.730. The van der Waals surface area contributed by atoms with Gasteiger partial charge >= 0.3 is 0 Å². The van der Waals surface area contributed by atoms with Gasteiger partial charge in [0.25, 0.3) is 5.69 Å². The first kappa shape index (κ1) is 14.3. The molecule has 1 aromatic carbocycles. The van der Waals surface area contributed by atoms with E-state index in [1.54, 1.807) is 6.07 Å². The Morgan fingerprint density at radius 1 is 1.29 bits per heavy atom. The van der Waals surface area contributed by atoms with Crippen molar-refractivity contribution in [2.45, 2.75) is 38.6 Å². The van der Waals surface area contributed by atoms with Crippen LogP contribution in [0.2, 0.25) is 0 Å². The molecule has 2 heterocycles. The molecule has 0 spiro atoms. The van der Waals surface area contributed by atoms with Crippen molar-refractivity contribution >= 4 is 11.4 Å². The fourth-order valence-corrected chi connectivity index (χ4v) is 3.70. The average molecular weight is 289 g/mol. The Hall–Kier alpha value is -1.62. The molecule has 0 aromatic heterocycles. The van der Waals surface area contributed by atoms with Crippen LogP contribution < -0.4 is 10.2 Å².